The van der Waals surface area contributed by atoms with E-state index in [0.717, 1.165) is 16.7 Å². The van der Waals surface area contributed by atoms with Gasteiger partial charge in [0.05, 0.1) is 14.2 Å². The molecule has 0 aromatic heterocycles. The van der Waals surface area contributed by atoms with Gasteiger partial charge in [0.15, 0.2) is 11.5 Å². The lowest BCUT2D eigenvalue weighted by molar-refractivity contribution is -0.126. The molecule has 2 aromatic rings. The minimum Gasteiger partial charge on any atom is -0.493 e. The van der Waals surface area contributed by atoms with Gasteiger partial charge in [-0.05, 0) is 55.7 Å². The fraction of sp³-hybridized carbons (Fsp3) is 0.318. The zero-order valence-corrected chi connectivity index (χ0v) is 16.2. The molecule has 0 radical (unpaired) electrons. The summed E-state index contributed by atoms with van der Waals surface area (Å²) in [6.07, 6.45) is 3.52. The third-order valence-corrected chi connectivity index (χ3v) is 4.35. The monoisotopic (exact) mass is 353 g/mol. The van der Waals surface area contributed by atoms with Crippen LogP contribution in [0.2, 0.25) is 0 Å². The van der Waals surface area contributed by atoms with Crippen LogP contribution in [0, 0.1) is 13.8 Å². The fourth-order valence-electron chi connectivity index (χ4n) is 2.82. The third kappa shape index (κ3) is 4.88. The average molecular weight is 353 g/mol. The molecule has 0 saturated carbocycles. The van der Waals surface area contributed by atoms with Crippen LogP contribution in [0.15, 0.2) is 42.5 Å². The predicted molar refractivity (Wildman–Crippen MR) is 106 cm³/mol. The molecule has 0 unspecified atom stereocenters. The Balaban J connectivity index is 2.12. The molecule has 4 heteroatoms. The Bertz CT molecular complexity index is 796. The van der Waals surface area contributed by atoms with Crippen molar-refractivity contribution in [3.63, 3.8) is 0 Å². The molecule has 0 bridgehead atoms. The highest BCUT2D eigenvalue weighted by atomic mass is 16.5. The number of carbonyl (C=O) groups is 1. The topological polar surface area (TPSA) is 38.8 Å². The minimum atomic E-state index is -0.0118. The van der Waals surface area contributed by atoms with Crippen molar-refractivity contribution in [3.05, 3.63) is 64.7 Å². The molecule has 2 rings (SSSR count). The van der Waals surface area contributed by atoms with Crippen LogP contribution in [-0.2, 0) is 11.3 Å². The molecule has 0 spiro atoms. The van der Waals surface area contributed by atoms with E-state index >= 15 is 0 Å². The first kappa shape index (κ1) is 19.6. The summed E-state index contributed by atoms with van der Waals surface area (Å²) in [5, 5.41) is 0. The van der Waals surface area contributed by atoms with Gasteiger partial charge in [-0.25, -0.2) is 0 Å². The van der Waals surface area contributed by atoms with Crippen molar-refractivity contribution in [3.8, 4) is 11.5 Å². The Labute approximate surface area is 156 Å². The molecule has 1 amide bonds. The number of hydrogen-bond acceptors (Lipinski definition) is 3. The van der Waals surface area contributed by atoms with Gasteiger partial charge >= 0.3 is 0 Å². The van der Waals surface area contributed by atoms with Crippen molar-refractivity contribution in [1.82, 2.24) is 4.90 Å². The van der Waals surface area contributed by atoms with Gasteiger partial charge in [-0.3, -0.25) is 4.79 Å². The maximum Gasteiger partial charge on any atom is 0.246 e. The van der Waals surface area contributed by atoms with E-state index in [9.17, 15) is 4.79 Å². The molecule has 0 saturated heterocycles. The molecule has 0 aliphatic heterocycles. The van der Waals surface area contributed by atoms with Crippen LogP contribution in [0.4, 0.5) is 0 Å². The Kier molecular flexibility index (Phi) is 6.84. The number of carbonyl (C=O) groups excluding carboxylic acids is 1. The van der Waals surface area contributed by atoms with Gasteiger partial charge in [-0.15, -0.1) is 0 Å². The molecule has 0 heterocycles. The fourth-order valence-corrected chi connectivity index (χ4v) is 2.82. The Morgan fingerprint density at radius 1 is 1.04 bits per heavy atom. The molecular weight excluding hydrogens is 326 g/mol. The maximum atomic E-state index is 12.6. The largest absolute Gasteiger partial charge is 0.493 e. The summed E-state index contributed by atoms with van der Waals surface area (Å²) in [4.78, 5) is 14.4. The quantitative estimate of drug-likeness (QED) is 0.693. The number of aryl methyl sites for hydroxylation is 2. The molecule has 0 aliphatic rings. The van der Waals surface area contributed by atoms with E-state index in [0.29, 0.717) is 24.6 Å². The van der Waals surface area contributed by atoms with Crippen LogP contribution in [0.3, 0.4) is 0 Å². The molecule has 0 aliphatic carbocycles. The molecule has 0 fully saturated rings. The van der Waals surface area contributed by atoms with Crippen LogP contribution in [0.25, 0.3) is 6.08 Å². The van der Waals surface area contributed by atoms with E-state index < -0.39 is 0 Å². The van der Waals surface area contributed by atoms with Crippen molar-refractivity contribution in [2.24, 2.45) is 0 Å². The summed E-state index contributed by atoms with van der Waals surface area (Å²) >= 11 is 0. The van der Waals surface area contributed by atoms with Crippen LogP contribution in [0.1, 0.15) is 29.2 Å². The summed E-state index contributed by atoms with van der Waals surface area (Å²) in [6.45, 7) is 7.24. The highest BCUT2D eigenvalue weighted by molar-refractivity contribution is 5.92. The second-order valence-corrected chi connectivity index (χ2v) is 6.24. The second kappa shape index (κ2) is 9.09. The van der Waals surface area contributed by atoms with Gasteiger partial charge in [-0.2, -0.15) is 0 Å². The normalized spacial score (nSPS) is 10.8. The van der Waals surface area contributed by atoms with Crippen LogP contribution in [0.5, 0.6) is 11.5 Å². The number of methoxy groups -OCH3 is 2. The number of nitrogens with zero attached hydrogens (tertiary/aromatic N) is 1. The van der Waals surface area contributed by atoms with Crippen molar-refractivity contribution >= 4 is 12.0 Å². The molecule has 138 valence electrons. The smallest absolute Gasteiger partial charge is 0.246 e. The van der Waals surface area contributed by atoms with E-state index in [2.05, 4.69) is 26.0 Å². The summed E-state index contributed by atoms with van der Waals surface area (Å²) in [6, 6.07) is 11.9. The lowest BCUT2D eigenvalue weighted by atomic mass is 10.1. The third-order valence-electron chi connectivity index (χ3n) is 4.35. The summed E-state index contributed by atoms with van der Waals surface area (Å²) in [7, 11) is 3.22. The predicted octanol–water partition coefficient (Wildman–Crippen LogP) is 4.38. The molecule has 26 heavy (non-hydrogen) atoms. The van der Waals surface area contributed by atoms with E-state index in [1.54, 1.807) is 25.2 Å². The number of benzene rings is 2. The second-order valence-electron chi connectivity index (χ2n) is 6.24. The highest BCUT2D eigenvalue weighted by Gasteiger charge is 2.11. The Hall–Kier alpha value is -2.75. The van der Waals surface area contributed by atoms with E-state index in [-0.39, 0.29) is 5.91 Å². The SMILES string of the molecule is CCN(Cc1ccc(OC)c(OC)c1)C(=O)/C=C/c1ccc(C)cc1C. The van der Waals surface area contributed by atoms with Crippen LogP contribution >= 0.6 is 0 Å². The van der Waals surface area contributed by atoms with Gasteiger partial charge in [-0.1, -0.05) is 29.8 Å². The first-order valence-electron chi connectivity index (χ1n) is 8.73. The lowest BCUT2D eigenvalue weighted by Crippen LogP contribution is -2.28. The lowest BCUT2D eigenvalue weighted by Gasteiger charge is -2.20. The zero-order valence-electron chi connectivity index (χ0n) is 16.2. The van der Waals surface area contributed by atoms with Gasteiger partial charge < -0.3 is 14.4 Å². The standard InChI is InChI=1S/C22H27NO3/c1-6-23(15-18-8-11-20(25-4)21(14-18)26-5)22(24)12-10-19-9-7-16(2)13-17(19)3/h7-14H,6,15H2,1-5H3/b12-10+. The Morgan fingerprint density at radius 3 is 2.38 bits per heavy atom. The molecule has 4 nitrogen and oxygen atoms in total. The van der Waals surface area contributed by atoms with Crippen molar-refractivity contribution in [1.29, 1.82) is 0 Å². The summed E-state index contributed by atoms with van der Waals surface area (Å²) in [5.74, 6) is 1.34. The highest BCUT2D eigenvalue weighted by Crippen LogP contribution is 2.28. The molecule has 0 N–H and O–H groups in total. The number of amides is 1. The molecule has 0 atom stereocenters. The maximum absolute atomic E-state index is 12.6. The van der Waals surface area contributed by atoms with Crippen molar-refractivity contribution in [2.75, 3.05) is 20.8 Å². The average Bonchev–Trinajstić information content (AvgIpc) is 2.64. The van der Waals surface area contributed by atoms with E-state index in [4.69, 9.17) is 9.47 Å². The molecule has 2 aromatic carbocycles. The van der Waals surface area contributed by atoms with Gasteiger partial charge in [0.25, 0.3) is 0 Å². The molecular formula is C22H27NO3. The van der Waals surface area contributed by atoms with Gasteiger partial charge in [0, 0.05) is 19.2 Å². The number of hydrogen-bond donors (Lipinski definition) is 0. The first-order valence-corrected chi connectivity index (χ1v) is 8.73. The number of rotatable bonds is 7. The Morgan fingerprint density at radius 2 is 1.77 bits per heavy atom. The van der Waals surface area contributed by atoms with Crippen LogP contribution in [-0.4, -0.2) is 31.6 Å². The minimum absolute atomic E-state index is 0.0118. The van der Waals surface area contributed by atoms with Gasteiger partial charge in [0.2, 0.25) is 5.91 Å². The van der Waals surface area contributed by atoms with E-state index in [1.807, 2.05) is 37.3 Å². The number of ether oxygens (including phenoxy) is 2. The van der Waals surface area contributed by atoms with E-state index in [1.165, 1.54) is 5.56 Å². The van der Waals surface area contributed by atoms with Crippen molar-refractivity contribution < 1.29 is 14.3 Å². The van der Waals surface area contributed by atoms with Gasteiger partial charge in [0.1, 0.15) is 0 Å². The number of likely N-dealkylation sites (N-methyl/N-ethyl adjacent to an activating group) is 1. The summed E-state index contributed by atoms with van der Waals surface area (Å²) < 4.78 is 10.6. The van der Waals surface area contributed by atoms with Crippen molar-refractivity contribution in [2.45, 2.75) is 27.3 Å². The summed E-state index contributed by atoms with van der Waals surface area (Å²) in [5.41, 5.74) is 4.44. The first-order chi connectivity index (χ1) is 12.5. The zero-order chi connectivity index (χ0) is 19.1. The van der Waals surface area contributed by atoms with Crippen LogP contribution < -0.4 is 9.47 Å².